The van der Waals surface area contributed by atoms with Crippen LogP contribution in [0.4, 0.5) is 9.93 Å². The maximum absolute atomic E-state index is 12.0. The predicted octanol–water partition coefficient (Wildman–Crippen LogP) is 2.75. The van der Waals surface area contributed by atoms with Gasteiger partial charge in [-0.05, 0) is 48.0 Å². The third kappa shape index (κ3) is 4.05. The minimum Gasteiger partial charge on any atom is -0.399 e. The summed E-state index contributed by atoms with van der Waals surface area (Å²) in [6.07, 6.45) is 2.53. The van der Waals surface area contributed by atoms with Crippen molar-refractivity contribution in [2.75, 3.05) is 5.32 Å². The van der Waals surface area contributed by atoms with E-state index in [0.717, 1.165) is 11.2 Å². The minimum atomic E-state index is -0.455. The number of nitrogens with zero attached hydrogens (tertiary/aromatic N) is 1. The lowest BCUT2D eigenvalue weighted by molar-refractivity contribution is 0.00578. The Bertz CT molecular complexity index is 570. The molecule has 8 heteroatoms. The van der Waals surface area contributed by atoms with Crippen LogP contribution in [0.3, 0.4) is 0 Å². The highest BCUT2D eigenvalue weighted by atomic mass is 32.1. The molecule has 2 amide bonds. The summed E-state index contributed by atoms with van der Waals surface area (Å²) in [7, 11) is -0.455. The van der Waals surface area contributed by atoms with E-state index in [1.807, 2.05) is 48.5 Å². The molecule has 6 nitrogen and oxygen atoms in total. The van der Waals surface area contributed by atoms with E-state index in [1.54, 1.807) is 6.20 Å². The number of nitrogens with one attached hydrogen (secondary N) is 2. The molecule has 1 saturated heterocycles. The lowest BCUT2D eigenvalue weighted by atomic mass is 9.89. The van der Waals surface area contributed by atoms with Gasteiger partial charge < -0.3 is 14.6 Å². The Hall–Kier alpha value is -1.12. The topological polar surface area (TPSA) is 72.5 Å². The molecule has 0 atom stereocenters. The number of hydrogen-bond donors (Lipinski definition) is 2. The Kier molecular flexibility index (Phi) is 4.81. The first kappa shape index (κ1) is 18.2. The molecule has 1 fully saturated rings. The number of carbonyl (C=O) groups excluding carboxylic acids is 1. The summed E-state index contributed by atoms with van der Waals surface area (Å²) in [5.41, 5.74) is -1.04. The van der Waals surface area contributed by atoms with E-state index < -0.39 is 18.3 Å². The summed E-state index contributed by atoms with van der Waals surface area (Å²) >= 11 is 1.36. The number of thiazole rings is 1. The molecule has 2 heterocycles. The molecular formula is C15H26BN3O3S. The summed E-state index contributed by atoms with van der Waals surface area (Å²) in [6.45, 7) is 14.0. The molecule has 0 unspecified atom stereocenters. The van der Waals surface area contributed by atoms with Crippen LogP contribution in [0.2, 0.25) is 0 Å². The monoisotopic (exact) mass is 339 g/mol. The molecule has 0 aliphatic carbocycles. The summed E-state index contributed by atoms with van der Waals surface area (Å²) < 4.78 is 12.8. The van der Waals surface area contributed by atoms with Gasteiger partial charge in [0.15, 0.2) is 5.13 Å². The zero-order chi connectivity index (χ0) is 17.5. The third-order valence-electron chi connectivity index (χ3n) is 4.57. The van der Waals surface area contributed by atoms with Crippen LogP contribution in [0.15, 0.2) is 6.20 Å². The first-order valence-corrected chi connectivity index (χ1v) is 8.68. The van der Waals surface area contributed by atoms with Gasteiger partial charge in [-0.2, -0.15) is 0 Å². The molecular weight excluding hydrogens is 313 g/mol. The van der Waals surface area contributed by atoms with E-state index in [4.69, 9.17) is 9.31 Å². The summed E-state index contributed by atoms with van der Waals surface area (Å²) in [5.74, 6) is 0. The van der Waals surface area contributed by atoms with Gasteiger partial charge in [0, 0.05) is 11.7 Å². The summed E-state index contributed by atoms with van der Waals surface area (Å²) in [6, 6.07) is -0.258. The Morgan fingerprint density at radius 3 is 2.39 bits per heavy atom. The molecule has 2 rings (SSSR count). The SMILES string of the molecule is CCC(C)(C)NC(=O)Nc1ncc(B2OC(C)(C)C(C)(C)O2)s1. The van der Waals surface area contributed by atoms with E-state index in [2.05, 4.69) is 15.6 Å². The second kappa shape index (κ2) is 6.07. The number of hydrogen-bond acceptors (Lipinski definition) is 5. The molecule has 1 aromatic heterocycles. The Morgan fingerprint density at radius 2 is 1.87 bits per heavy atom. The smallest absolute Gasteiger partial charge is 0.399 e. The van der Waals surface area contributed by atoms with Crippen LogP contribution in [0.5, 0.6) is 0 Å². The zero-order valence-corrected chi connectivity index (χ0v) is 15.8. The van der Waals surface area contributed by atoms with Crippen molar-refractivity contribution in [1.29, 1.82) is 0 Å². The molecule has 1 aromatic rings. The Balaban J connectivity index is 2.01. The number of amides is 2. The van der Waals surface area contributed by atoms with Gasteiger partial charge in [-0.25, -0.2) is 9.78 Å². The molecule has 0 spiro atoms. The molecule has 128 valence electrons. The van der Waals surface area contributed by atoms with Crippen LogP contribution in [0, 0.1) is 0 Å². The largest absolute Gasteiger partial charge is 0.507 e. The van der Waals surface area contributed by atoms with Gasteiger partial charge in [-0.3, -0.25) is 5.32 Å². The van der Waals surface area contributed by atoms with E-state index in [0.29, 0.717) is 5.13 Å². The molecule has 0 saturated carbocycles. The van der Waals surface area contributed by atoms with Crippen LogP contribution in [0.25, 0.3) is 0 Å². The molecule has 2 N–H and O–H groups in total. The van der Waals surface area contributed by atoms with Crippen LogP contribution < -0.4 is 15.4 Å². The minimum absolute atomic E-state index is 0.254. The van der Waals surface area contributed by atoms with Gasteiger partial charge in [0.05, 0.1) is 16.0 Å². The predicted molar refractivity (Wildman–Crippen MR) is 94.4 cm³/mol. The van der Waals surface area contributed by atoms with Crippen LogP contribution >= 0.6 is 11.3 Å². The Morgan fingerprint density at radius 1 is 1.30 bits per heavy atom. The highest BCUT2D eigenvalue weighted by Crippen LogP contribution is 2.37. The molecule has 0 bridgehead atoms. The van der Waals surface area contributed by atoms with Gasteiger partial charge in [-0.15, -0.1) is 11.3 Å². The highest BCUT2D eigenvalue weighted by Gasteiger charge is 2.52. The van der Waals surface area contributed by atoms with Crippen LogP contribution in [0.1, 0.15) is 54.9 Å². The van der Waals surface area contributed by atoms with E-state index in [9.17, 15) is 4.79 Å². The van der Waals surface area contributed by atoms with Crippen molar-refractivity contribution in [1.82, 2.24) is 10.3 Å². The number of aromatic nitrogens is 1. The molecule has 0 aromatic carbocycles. The first-order chi connectivity index (χ1) is 10.5. The van der Waals surface area contributed by atoms with Gasteiger partial charge in [-0.1, -0.05) is 6.92 Å². The number of urea groups is 1. The Labute approximate surface area is 142 Å². The second-order valence-corrected chi connectivity index (χ2v) is 8.53. The van der Waals surface area contributed by atoms with Gasteiger partial charge in [0.25, 0.3) is 0 Å². The quantitative estimate of drug-likeness (QED) is 0.828. The fourth-order valence-electron chi connectivity index (χ4n) is 1.94. The van der Waals surface area contributed by atoms with Crippen molar-refractivity contribution in [3.8, 4) is 0 Å². The number of carbonyl (C=O) groups is 1. The van der Waals surface area contributed by atoms with Gasteiger partial charge >= 0.3 is 13.1 Å². The maximum Gasteiger partial charge on any atom is 0.507 e. The standard InChI is InChI=1S/C15H26BN3O3S/c1-8-13(2,3)19-11(20)18-12-17-9-10(23-12)16-21-14(4,5)15(6,7)22-16/h9H,8H2,1-7H3,(H2,17,18,19,20). The van der Waals surface area contributed by atoms with E-state index in [-0.39, 0.29) is 11.6 Å². The molecule has 1 aliphatic heterocycles. The summed E-state index contributed by atoms with van der Waals surface area (Å²) in [4.78, 5) is 16.2. The van der Waals surface area contributed by atoms with Crippen molar-refractivity contribution in [2.45, 2.75) is 71.6 Å². The van der Waals surface area contributed by atoms with E-state index >= 15 is 0 Å². The van der Waals surface area contributed by atoms with Gasteiger partial charge in [0.1, 0.15) is 0 Å². The van der Waals surface area contributed by atoms with Crippen molar-refractivity contribution in [2.24, 2.45) is 0 Å². The van der Waals surface area contributed by atoms with Gasteiger partial charge in [0.2, 0.25) is 0 Å². The second-order valence-electron chi connectivity index (χ2n) is 7.47. The van der Waals surface area contributed by atoms with Crippen molar-refractivity contribution in [3.63, 3.8) is 0 Å². The van der Waals surface area contributed by atoms with Crippen molar-refractivity contribution < 1.29 is 14.1 Å². The van der Waals surface area contributed by atoms with Crippen molar-refractivity contribution in [3.05, 3.63) is 6.20 Å². The van der Waals surface area contributed by atoms with Crippen LogP contribution in [-0.4, -0.2) is 34.9 Å². The fourth-order valence-corrected chi connectivity index (χ4v) is 2.71. The molecule has 23 heavy (non-hydrogen) atoms. The lowest BCUT2D eigenvalue weighted by Gasteiger charge is -2.32. The normalized spacial score (nSPS) is 19.7. The van der Waals surface area contributed by atoms with Crippen LogP contribution in [-0.2, 0) is 9.31 Å². The fraction of sp³-hybridized carbons (Fsp3) is 0.733. The third-order valence-corrected chi connectivity index (χ3v) is 5.50. The lowest BCUT2D eigenvalue weighted by Crippen LogP contribution is -2.45. The maximum atomic E-state index is 12.0. The highest BCUT2D eigenvalue weighted by molar-refractivity contribution is 7.25. The number of anilines is 1. The average molecular weight is 339 g/mol. The summed E-state index contributed by atoms with van der Waals surface area (Å²) in [5, 5.41) is 6.20. The number of rotatable bonds is 4. The zero-order valence-electron chi connectivity index (χ0n) is 14.9. The van der Waals surface area contributed by atoms with E-state index in [1.165, 1.54) is 11.3 Å². The average Bonchev–Trinajstić information content (AvgIpc) is 2.92. The van der Waals surface area contributed by atoms with Crippen molar-refractivity contribution >= 4 is 34.4 Å². The molecule has 0 radical (unpaired) electrons. The first-order valence-electron chi connectivity index (χ1n) is 7.86. The molecule has 1 aliphatic rings.